The van der Waals surface area contributed by atoms with Gasteiger partial charge in [-0.2, -0.15) is 17.6 Å². The largest absolute Gasteiger partial charge is 0.416 e. The molecule has 2 rings (SSSR count). The van der Waals surface area contributed by atoms with Crippen molar-refractivity contribution in [3.05, 3.63) is 62.6 Å². The second-order valence-electron chi connectivity index (χ2n) is 6.54. The number of carbonyl (C=O) groups excluding carboxylic acids is 1. The number of halogens is 4. The highest BCUT2D eigenvalue weighted by atomic mass is 32.1. The summed E-state index contributed by atoms with van der Waals surface area (Å²) in [6.45, 7) is 1.67. The Morgan fingerprint density at radius 2 is 2.03 bits per heavy atom. The molecule has 2 aromatic rings. The van der Waals surface area contributed by atoms with Crippen LogP contribution in [0.1, 0.15) is 31.2 Å². The van der Waals surface area contributed by atoms with Crippen molar-refractivity contribution >= 4 is 29.2 Å². The maximum Gasteiger partial charge on any atom is 0.416 e. The molecule has 6 N–H and O–H groups in total. The average Bonchev–Trinajstić information content (AvgIpc) is 3.09. The molecule has 5 nitrogen and oxygen atoms in total. The van der Waals surface area contributed by atoms with Gasteiger partial charge >= 0.3 is 6.18 Å². The van der Waals surface area contributed by atoms with Crippen molar-refractivity contribution in [3.63, 3.8) is 0 Å². The molecular weight excluding hydrogens is 420 g/mol. The number of aryl methyl sites for hydroxylation is 1. The third-order valence-corrected chi connectivity index (χ3v) is 5.56. The lowest BCUT2D eigenvalue weighted by molar-refractivity contribution is -0.531. The summed E-state index contributed by atoms with van der Waals surface area (Å²) in [5.74, 6) is -1.23. The Kier molecular flexibility index (Phi) is 7.88. The quantitative estimate of drug-likeness (QED) is 0.373. The van der Waals surface area contributed by atoms with Gasteiger partial charge in [0, 0.05) is 17.5 Å². The zero-order valence-electron chi connectivity index (χ0n) is 16.4. The fourth-order valence-electron chi connectivity index (χ4n) is 3.05. The Bertz CT molecular complexity index is 953. The average molecular weight is 443 g/mol. The van der Waals surface area contributed by atoms with Gasteiger partial charge in [-0.1, -0.05) is 18.2 Å². The third-order valence-electron chi connectivity index (χ3n) is 4.51. The number of benzene rings is 1. The molecule has 0 bridgehead atoms. The number of allylic oxidation sites excluding steroid dienone is 1. The van der Waals surface area contributed by atoms with Crippen molar-refractivity contribution in [2.24, 2.45) is 5.73 Å². The summed E-state index contributed by atoms with van der Waals surface area (Å²) in [6, 6.07) is 5.96. The van der Waals surface area contributed by atoms with Crippen molar-refractivity contribution in [2.45, 2.75) is 25.6 Å². The molecule has 1 aromatic carbocycles. The maximum atomic E-state index is 13.9. The summed E-state index contributed by atoms with van der Waals surface area (Å²) in [5.41, 5.74) is 5.66. The first-order chi connectivity index (χ1) is 14.1. The first kappa shape index (κ1) is 23.7. The summed E-state index contributed by atoms with van der Waals surface area (Å²) in [7, 11) is 1.62. The lowest BCUT2D eigenvalue weighted by Crippen LogP contribution is -2.76. The molecule has 0 spiro atoms. The second kappa shape index (κ2) is 9.96. The fraction of sp³-hybridized carbons (Fsp3) is 0.300. The van der Waals surface area contributed by atoms with Gasteiger partial charge in [0.25, 0.3) is 5.91 Å². The Hall–Kier alpha value is -2.56. The molecule has 10 heteroatoms. The SMILES string of the molecule is C[NH2+]C(=C(F)C=N)c1cc(C(=O)NC(CN)Cc2ccccc2C(F)(F)F)sc1C. The number of amides is 1. The van der Waals surface area contributed by atoms with Crippen LogP contribution in [0.5, 0.6) is 0 Å². The molecule has 30 heavy (non-hydrogen) atoms. The number of hydrogen-bond donors (Lipinski definition) is 4. The Balaban J connectivity index is 2.23. The van der Waals surface area contributed by atoms with Gasteiger partial charge in [-0.05, 0) is 31.0 Å². The molecule has 1 aromatic heterocycles. The fourth-order valence-corrected chi connectivity index (χ4v) is 3.99. The summed E-state index contributed by atoms with van der Waals surface area (Å²) < 4.78 is 53.5. The molecule has 0 fully saturated rings. The minimum absolute atomic E-state index is 0.0441. The van der Waals surface area contributed by atoms with E-state index in [9.17, 15) is 22.4 Å². The van der Waals surface area contributed by atoms with E-state index >= 15 is 0 Å². The monoisotopic (exact) mass is 443 g/mol. The van der Waals surface area contributed by atoms with Gasteiger partial charge in [-0.15, -0.1) is 11.3 Å². The molecular formula is C20H23F4N4OS+. The van der Waals surface area contributed by atoms with E-state index < -0.39 is 29.5 Å². The Morgan fingerprint density at radius 3 is 2.60 bits per heavy atom. The number of rotatable bonds is 8. The van der Waals surface area contributed by atoms with Crippen LogP contribution in [0.25, 0.3) is 5.70 Å². The van der Waals surface area contributed by atoms with Crippen molar-refractivity contribution in [1.29, 1.82) is 5.41 Å². The van der Waals surface area contributed by atoms with Crippen molar-refractivity contribution < 1.29 is 27.7 Å². The number of thiophene rings is 1. The molecule has 1 atom stereocenters. The number of nitrogens with two attached hydrogens (primary N) is 2. The van der Waals surface area contributed by atoms with Crippen LogP contribution in [0.2, 0.25) is 0 Å². The van der Waals surface area contributed by atoms with Gasteiger partial charge < -0.3 is 21.8 Å². The third kappa shape index (κ3) is 5.53. The highest BCUT2D eigenvalue weighted by Gasteiger charge is 2.33. The van der Waals surface area contributed by atoms with Crippen LogP contribution in [-0.4, -0.2) is 31.8 Å². The smallest absolute Gasteiger partial charge is 0.347 e. The normalized spacial score (nSPS) is 13.6. The number of carbonyl (C=O) groups is 1. The van der Waals surface area contributed by atoms with Gasteiger partial charge in [0.05, 0.1) is 29.3 Å². The molecule has 1 heterocycles. The summed E-state index contributed by atoms with van der Waals surface area (Å²) in [6.07, 6.45) is -3.99. The van der Waals surface area contributed by atoms with Gasteiger partial charge in [-0.25, -0.2) is 0 Å². The summed E-state index contributed by atoms with van der Waals surface area (Å²) in [5, 5.41) is 11.3. The van der Waals surface area contributed by atoms with Gasteiger partial charge in [0.1, 0.15) is 0 Å². The topological polar surface area (TPSA) is 95.6 Å². The first-order valence-corrected chi connectivity index (χ1v) is 9.90. The highest BCUT2D eigenvalue weighted by molar-refractivity contribution is 7.14. The molecule has 0 saturated heterocycles. The molecule has 0 aliphatic rings. The minimum atomic E-state index is -4.50. The molecule has 0 saturated carbocycles. The predicted molar refractivity (Wildman–Crippen MR) is 109 cm³/mol. The summed E-state index contributed by atoms with van der Waals surface area (Å²) >= 11 is 1.13. The van der Waals surface area contributed by atoms with Gasteiger partial charge in [-0.3, -0.25) is 4.79 Å². The molecule has 0 radical (unpaired) electrons. The number of hydrogen-bond acceptors (Lipinski definition) is 4. The van der Waals surface area contributed by atoms with Crippen LogP contribution in [0.15, 0.2) is 36.2 Å². The van der Waals surface area contributed by atoms with E-state index in [0.29, 0.717) is 16.7 Å². The zero-order chi connectivity index (χ0) is 22.5. The van der Waals surface area contributed by atoms with E-state index in [1.165, 1.54) is 29.6 Å². The van der Waals surface area contributed by atoms with Crippen LogP contribution in [0.3, 0.4) is 0 Å². The van der Waals surface area contributed by atoms with E-state index in [2.05, 4.69) is 5.32 Å². The van der Waals surface area contributed by atoms with Crippen LogP contribution >= 0.6 is 11.3 Å². The summed E-state index contributed by atoms with van der Waals surface area (Å²) in [4.78, 5) is 13.6. The van der Waals surface area contributed by atoms with Crippen LogP contribution in [0.4, 0.5) is 17.6 Å². The standard InChI is InChI=1S/C20H22F4N4OS/c1-11-14(18(27-2)16(21)10-26)8-17(30-11)19(29)28-13(9-25)7-12-5-3-4-6-15(12)20(22,23)24/h3-6,8,10,13,26-27H,7,9,25H2,1-2H3,(H,28,29)/p+1. The predicted octanol–water partition coefficient (Wildman–Crippen LogP) is 2.86. The molecule has 1 unspecified atom stereocenters. The molecule has 0 aliphatic heterocycles. The van der Waals surface area contributed by atoms with Crippen LogP contribution in [-0.2, 0) is 12.6 Å². The van der Waals surface area contributed by atoms with E-state index in [1.54, 1.807) is 14.0 Å². The van der Waals surface area contributed by atoms with Crippen LogP contribution in [0, 0.1) is 12.3 Å². The Morgan fingerprint density at radius 1 is 1.37 bits per heavy atom. The Labute approximate surface area is 175 Å². The zero-order valence-corrected chi connectivity index (χ0v) is 17.3. The van der Waals surface area contributed by atoms with Gasteiger partial charge in [0.2, 0.25) is 5.83 Å². The lowest BCUT2D eigenvalue weighted by Gasteiger charge is -2.19. The second-order valence-corrected chi connectivity index (χ2v) is 7.80. The lowest BCUT2D eigenvalue weighted by atomic mass is 9.99. The molecule has 162 valence electrons. The van der Waals surface area contributed by atoms with Crippen molar-refractivity contribution in [2.75, 3.05) is 13.6 Å². The van der Waals surface area contributed by atoms with Crippen molar-refractivity contribution in [1.82, 2.24) is 5.32 Å². The van der Waals surface area contributed by atoms with E-state index in [1.807, 2.05) is 0 Å². The number of nitrogens with one attached hydrogen (secondary N) is 2. The molecule has 1 amide bonds. The minimum Gasteiger partial charge on any atom is -0.347 e. The van der Waals surface area contributed by atoms with Crippen LogP contribution < -0.4 is 16.4 Å². The first-order valence-electron chi connectivity index (χ1n) is 9.08. The van der Waals surface area contributed by atoms with Gasteiger partial charge in [0.15, 0.2) is 5.70 Å². The maximum absolute atomic E-state index is 13.9. The van der Waals surface area contributed by atoms with E-state index in [0.717, 1.165) is 17.4 Å². The number of quaternary nitrogens is 1. The highest BCUT2D eigenvalue weighted by Crippen LogP contribution is 2.32. The van der Waals surface area contributed by atoms with Crippen molar-refractivity contribution in [3.8, 4) is 0 Å². The molecule has 0 aliphatic carbocycles. The number of alkyl halides is 3. The van der Waals surface area contributed by atoms with E-state index in [4.69, 9.17) is 11.1 Å². The van der Waals surface area contributed by atoms with E-state index in [-0.39, 0.29) is 29.1 Å².